The van der Waals surface area contributed by atoms with E-state index in [9.17, 15) is 4.79 Å². The Kier molecular flexibility index (Phi) is 6.99. The van der Waals surface area contributed by atoms with Gasteiger partial charge in [-0.25, -0.2) is 9.97 Å². The number of hydrogen-bond acceptors (Lipinski definition) is 7. The number of carbonyl (C=O) groups is 1. The average molecular weight is 483 g/mol. The molecule has 0 aliphatic heterocycles. The molecule has 1 amide bonds. The maximum absolute atomic E-state index is 12.6. The molecule has 0 saturated carbocycles. The number of carbonyl (C=O) groups excluding carboxylic acids is 1. The molecule has 2 unspecified atom stereocenters. The summed E-state index contributed by atoms with van der Waals surface area (Å²) in [4.78, 5) is 23.3. The van der Waals surface area contributed by atoms with Crippen molar-refractivity contribution in [3.63, 3.8) is 0 Å². The number of allylic oxidation sites excluding steroid dienone is 1. The molecule has 2 atom stereocenters. The van der Waals surface area contributed by atoms with Gasteiger partial charge in [0.05, 0.1) is 10.1 Å². The lowest BCUT2D eigenvalue weighted by Crippen LogP contribution is -2.26. The van der Waals surface area contributed by atoms with E-state index in [1.165, 1.54) is 28.6 Å². The van der Waals surface area contributed by atoms with Gasteiger partial charge in [-0.1, -0.05) is 38.6 Å². The van der Waals surface area contributed by atoms with E-state index in [1.54, 1.807) is 18.5 Å². The monoisotopic (exact) mass is 482 g/mol. The van der Waals surface area contributed by atoms with Gasteiger partial charge in [0.25, 0.3) is 0 Å². The Morgan fingerprint density at radius 2 is 2.12 bits per heavy atom. The van der Waals surface area contributed by atoms with Crippen molar-refractivity contribution in [2.24, 2.45) is 11.3 Å². The SMILES string of the molecule is C=CCn1c(SC(C)C(=O)Nc2ncccn2)nnc1-c1cc2c(s1)CCC(C(C)(C)C)C2. The van der Waals surface area contributed by atoms with E-state index < -0.39 is 5.25 Å². The molecule has 9 heteroatoms. The number of fused-ring (bicyclic) bond motifs is 1. The number of nitrogens with zero attached hydrogens (tertiary/aromatic N) is 5. The Morgan fingerprint density at radius 3 is 2.82 bits per heavy atom. The van der Waals surface area contributed by atoms with Gasteiger partial charge in [-0.3, -0.25) is 14.7 Å². The fraction of sp³-hybridized carbons (Fsp3) is 0.458. The lowest BCUT2D eigenvalue weighted by atomic mass is 9.72. The van der Waals surface area contributed by atoms with Crippen LogP contribution >= 0.6 is 23.1 Å². The maximum Gasteiger partial charge on any atom is 0.240 e. The van der Waals surface area contributed by atoms with Crippen LogP contribution < -0.4 is 5.32 Å². The van der Waals surface area contributed by atoms with Gasteiger partial charge < -0.3 is 0 Å². The Labute approximate surface area is 203 Å². The first-order valence-corrected chi connectivity index (χ1v) is 12.9. The van der Waals surface area contributed by atoms with Crippen LogP contribution in [-0.4, -0.2) is 35.9 Å². The van der Waals surface area contributed by atoms with E-state index in [1.807, 2.05) is 28.9 Å². The van der Waals surface area contributed by atoms with Gasteiger partial charge in [-0.05, 0) is 55.2 Å². The molecule has 7 nitrogen and oxygen atoms in total. The zero-order valence-corrected chi connectivity index (χ0v) is 21.2. The Morgan fingerprint density at radius 1 is 1.36 bits per heavy atom. The highest BCUT2D eigenvalue weighted by Gasteiger charge is 2.31. The molecule has 3 aromatic heterocycles. The van der Waals surface area contributed by atoms with E-state index in [-0.39, 0.29) is 5.91 Å². The lowest BCUT2D eigenvalue weighted by molar-refractivity contribution is -0.115. The van der Waals surface area contributed by atoms with Crippen molar-refractivity contribution in [2.75, 3.05) is 5.32 Å². The summed E-state index contributed by atoms with van der Waals surface area (Å²) in [6.07, 6.45) is 8.50. The summed E-state index contributed by atoms with van der Waals surface area (Å²) >= 11 is 3.19. The molecule has 1 aliphatic rings. The minimum Gasteiger partial charge on any atom is -0.297 e. The molecule has 0 saturated heterocycles. The summed E-state index contributed by atoms with van der Waals surface area (Å²) in [6, 6.07) is 4.00. The van der Waals surface area contributed by atoms with E-state index >= 15 is 0 Å². The molecule has 0 aromatic carbocycles. The maximum atomic E-state index is 12.6. The zero-order valence-electron chi connectivity index (χ0n) is 19.5. The molecular weight excluding hydrogens is 452 g/mol. The van der Waals surface area contributed by atoms with E-state index in [0.717, 1.165) is 23.5 Å². The number of amides is 1. The third-order valence-corrected chi connectivity index (χ3v) is 8.32. The Hall–Kier alpha value is -2.52. The van der Waals surface area contributed by atoms with Crippen molar-refractivity contribution in [3.8, 4) is 10.7 Å². The van der Waals surface area contributed by atoms with Crippen molar-refractivity contribution in [1.29, 1.82) is 0 Å². The Balaban J connectivity index is 1.53. The van der Waals surface area contributed by atoms with Gasteiger partial charge in [0.1, 0.15) is 0 Å². The highest BCUT2D eigenvalue weighted by molar-refractivity contribution is 8.00. The van der Waals surface area contributed by atoms with Crippen LogP contribution in [0.4, 0.5) is 5.95 Å². The van der Waals surface area contributed by atoms with Crippen molar-refractivity contribution in [3.05, 3.63) is 47.6 Å². The number of thiophene rings is 1. The molecule has 1 aliphatic carbocycles. The average Bonchev–Trinajstić information content (AvgIpc) is 3.37. The minimum absolute atomic E-state index is 0.180. The molecule has 0 bridgehead atoms. The van der Waals surface area contributed by atoms with Crippen LogP contribution in [0.3, 0.4) is 0 Å². The third kappa shape index (κ3) is 5.35. The molecule has 33 heavy (non-hydrogen) atoms. The van der Waals surface area contributed by atoms with Crippen LogP contribution in [-0.2, 0) is 24.2 Å². The van der Waals surface area contributed by atoms with Crippen molar-refractivity contribution in [1.82, 2.24) is 24.7 Å². The second-order valence-corrected chi connectivity index (χ2v) is 11.8. The quantitative estimate of drug-likeness (QED) is 0.365. The second-order valence-electron chi connectivity index (χ2n) is 9.39. The fourth-order valence-corrected chi connectivity index (χ4v) is 6.07. The Bertz CT molecular complexity index is 1130. The van der Waals surface area contributed by atoms with Gasteiger partial charge in [0, 0.05) is 23.8 Å². The van der Waals surface area contributed by atoms with E-state index in [0.29, 0.717) is 29.0 Å². The number of thioether (sulfide) groups is 1. The predicted molar refractivity (Wildman–Crippen MR) is 134 cm³/mol. The molecule has 3 heterocycles. The number of rotatable bonds is 7. The predicted octanol–water partition coefficient (Wildman–Crippen LogP) is 5.25. The normalized spacial score (nSPS) is 16.8. The standard InChI is InChI=1S/C24H30N6OS2/c1-6-12-30-20(19-14-16-13-17(24(3,4)5)8-9-18(16)33-19)28-29-23(30)32-15(2)21(31)27-22-25-10-7-11-26-22/h6-7,10-11,14-15,17H,1,8-9,12-13H2,2-5H3,(H,25,26,27,31). The third-order valence-electron chi connectivity index (χ3n) is 6.01. The second kappa shape index (κ2) is 9.77. The number of nitrogens with one attached hydrogen (secondary N) is 1. The minimum atomic E-state index is -0.390. The molecule has 3 aromatic rings. The highest BCUT2D eigenvalue weighted by Crippen LogP contribution is 2.42. The molecular formula is C24H30N6OS2. The van der Waals surface area contributed by atoms with Gasteiger partial charge in [-0.2, -0.15) is 0 Å². The van der Waals surface area contributed by atoms with Crippen LogP contribution in [0, 0.1) is 11.3 Å². The summed E-state index contributed by atoms with van der Waals surface area (Å²) in [6.45, 7) is 13.3. The molecule has 0 radical (unpaired) electrons. The number of aryl methyl sites for hydroxylation is 1. The van der Waals surface area contributed by atoms with Gasteiger partial charge in [0.2, 0.25) is 11.9 Å². The first-order chi connectivity index (χ1) is 15.8. The summed E-state index contributed by atoms with van der Waals surface area (Å²) in [5, 5.41) is 12.0. The first-order valence-electron chi connectivity index (χ1n) is 11.2. The van der Waals surface area contributed by atoms with Crippen LogP contribution in [0.15, 0.2) is 42.3 Å². The highest BCUT2D eigenvalue weighted by atomic mass is 32.2. The van der Waals surface area contributed by atoms with Crippen LogP contribution in [0.1, 0.15) is 44.6 Å². The number of hydrogen-bond donors (Lipinski definition) is 1. The van der Waals surface area contributed by atoms with Crippen LogP contribution in [0.5, 0.6) is 0 Å². The summed E-state index contributed by atoms with van der Waals surface area (Å²) < 4.78 is 2.04. The summed E-state index contributed by atoms with van der Waals surface area (Å²) in [7, 11) is 0. The molecule has 1 N–H and O–H groups in total. The largest absolute Gasteiger partial charge is 0.297 e. The van der Waals surface area contributed by atoms with E-state index in [4.69, 9.17) is 0 Å². The summed E-state index contributed by atoms with van der Waals surface area (Å²) in [5.41, 5.74) is 1.76. The molecule has 0 spiro atoms. The zero-order chi connectivity index (χ0) is 23.6. The van der Waals surface area contributed by atoms with E-state index in [2.05, 4.69) is 58.9 Å². The van der Waals surface area contributed by atoms with Gasteiger partial charge >= 0.3 is 0 Å². The topological polar surface area (TPSA) is 85.6 Å². The fourth-order valence-electron chi connectivity index (χ4n) is 4.01. The van der Waals surface area contributed by atoms with Gasteiger partial charge in [-0.15, -0.1) is 28.1 Å². The lowest BCUT2D eigenvalue weighted by Gasteiger charge is -2.33. The van der Waals surface area contributed by atoms with Crippen LogP contribution in [0.25, 0.3) is 10.7 Å². The molecule has 174 valence electrons. The summed E-state index contributed by atoms with van der Waals surface area (Å²) in [5.74, 6) is 1.64. The van der Waals surface area contributed by atoms with Crippen LogP contribution in [0.2, 0.25) is 0 Å². The van der Waals surface area contributed by atoms with Crippen molar-refractivity contribution < 1.29 is 4.79 Å². The molecule has 0 fully saturated rings. The van der Waals surface area contributed by atoms with Gasteiger partial charge in [0.15, 0.2) is 11.0 Å². The number of aromatic nitrogens is 5. The smallest absolute Gasteiger partial charge is 0.240 e. The first kappa shape index (κ1) is 23.6. The van der Waals surface area contributed by atoms with Crippen molar-refractivity contribution in [2.45, 2.75) is 63.9 Å². The number of anilines is 1. The van der Waals surface area contributed by atoms with Crippen molar-refractivity contribution >= 4 is 35.0 Å². The molecule has 4 rings (SSSR count).